The number of rotatable bonds is 3. The second-order valence-corrected chi connectivity index (χ2v) is 3.27. The minimum absolute atomic E-state index is 0.147. The second-order valence-electron chi connectivity index (χ2n) is 3.27. The molecule has 0 aromatic carbocycles. The summed E-state index contributed by atoms with van der Waals surface area (Å²) in [6, 6.07) is 0.933. The van der Waals surface area contributed by atoms with Gasteiger partial charge in [0.05, 0.1) is 15.9 Å². The van der Waals surface area contributed by atoms with Gasteiger partial charge in [0.15, 0.2) is 0 Å². The smallest absolute Gasteiger partial charge is 0.258 e. The van der Waals surface area contributed by atoms with Crippen molar-refractivity contribution < 1.29 is 9.85 Å². The van der Waals surface area contributed by atoms with E-state index in [0.29, 0.717) is 0 Å². The Hall–Kier alpha value is -2.05. The number of nitro groups is 2. The van der Waals surface area contributed by atoms with Gasteiger partial charge in [-0.25, -0.2) is 4.98 Å². The zero-order chi connectivity index (χ0) is 11.6. The first-order chi connectivity index (χ1) is 6.93. The van der Waals surface area contributed by atoms with Crippen LogP contribution in [0.3, 0.4) is 0 Å². The Kier molecular flexibility index (Phi) is 2.93. The van der Waals surface area contributed by atoms with Crippen LogP contribution in [0, 0.1) is 20.2 Å². The monoisotopic (exact) mass is 211 g/mol. The highest BCUT2D eigenvalue weighted by Crippen LogP contribution is 2.27. The van der Waals surface area contributed by atoms with Crippen LogP contribution in [-0.4, -0.2) is 14.8 Å². The Morgan fingerprint density at radius 1 is 1.27 bits per heavy atom. The second kappa shape index (κ2) is 3.99. The molecule has 0 saturated heterocycles. The summed E-state index contributed by atoms with van der Waals surface area (Å²) in [6.45, 7) is 3.47. The van der Waals surface area contributed by atoms with E-state index in [4.69, 9.17) is 0 Å². The number of pyridine rings is 1. The maximum Gasteiger partial charge on any atom is 0.297 e. The molecule has 0 radical (unpaired) electrons. The molecule has 0 aliphatic carbocycles. The predicted molar refractivity (Wildman–Crippen MR) is 51.6 cm³/mol. The summed E-state index contributed by atoms with van der Waals surface area (Å²) < 4.78 is 0. The fourth-order valence-electron chi connectivity index (χ4n) is 1.14. The summed E-state index contributed by atoms with van der Waals surface area (Å²) in [7, 11) is 0. The van der Waals surface area contributed by atoms with Crippen LogP contribution in [0.25, 0.3) is 0 Å². The summed E-state index contributed by atoms with van der Waals surface area (Å²) in [4.78, 5) is 23.4. The Labute approximate surface area is 85.1 Å². The molecule has 1 aromatic rings. The molecule has 0 bridgehead atoms. The number of hydrogen-bond acceptors (Lipinski definition) is 5. The van der Waals surface area contributed by atoms with Gasteiger partial charge in [0.2, 0.25) is 0 Å². The first kappa shape index (κ1) is 11.0. The van der Waals surface area contributed by atoms with Gasteiger partial charge < -0.3 is 0 Å². The van der Waals surface area contributed by atoms with Crippen molar-refractivity contribution in [1.82, 2.24) is 4.98 Å². The van der Waals surface area contributed by atoms with Crippen molar-refractivity contribution in [1.29, 1.82) is 0 Å². The summed E-state index contributed by atoms with van der Waals surface area (Å²) >= 11 is 0. The van der Waals surface area contributed by atoms with Crippen molar-refractivity contribution in [3.05, 3.63) is 38.2 Å². The van der Waals surface area contributed by atoms with Gasteiger partial charge in [-0.1, -0.05) is 13.8 Å². The van der Waals surface area contributed by atoms with E-state index in [0.717, 1.165) is 12.3 Å². The molecule has 7 nitrogen and oxygen atoms in total. The maximum absolute atomic E-state index is 10.6. The molecule has 0 atom stereocenters. The van der Waals surface area contributed by atoms with E-state index in [1.807, 2.05) is 0 Å². The van der Waals surface area contributed by atoms with Crippen molar-refractivity contribution >= 4 is 11.4 Å². The fraction of sp³-hybridized carbons (Fsp3) is 0.375. The van der Waals surface area contributed by atoms with E-state index in [1.165, 1.54) is 0 Å². The Morgan fingerprint density at radius 2 is 1.87 bits per heavy atom. The molecule has 1 heterocycles. The van der Waals surface area contributed by atoms with Crippen molar-refractivity contribution in [3.63, 3.8) is 0 Å². The van der Waals surface area contributed by atoms with Gasteiger partial charge in [0, 0.05) is 5.92 Å². The highest BCUT2D eigenvalue weighted by molar-refractivity contribution is 5.45. The Bertz CT molecular complexity index is 416. The largest absolute Gasteiger partial charge is 0.297 e. The summed E-state index contributed by atoms with van der Waals surface area (Å²) in [5.41, 5.74) is -0.420. The molecular weight excluding hydrogens is 202 g/mol. The third-order valence-corrected chi connectivity index (χ3v) is 1.84. The number of aromatic nitrogens is 1. The average molecular weight is 211 g/mol. The molecule has 0 amide bonds. The topological polar surface area (TPSA) is 99.2 Å². The first-order valence-corrected chi connectivity index (χ1v) is 4.22. The SMILES string of the molecule is CC(C)c1ncc([N+](=O)[O-])cc1[N+](=O)[O-]. The number of hydrogen-bond donors (Lipinski definition) is 0. The molecule has 0 unspecified atom stereocenters. The summed E-state index contributed by atoms with van der Waals surface area (Å²) in [5.74, 6) is -0.147. The van der Waals surface area contributed by atoms with Crippen molar-refractivity contribution in [2.45, 2.75) is 19.8 Å². The quantitative estimate of drug-likeness (QED) is 0.562. The van der Waals surface area contributed by atoms with Gasteiger partial charge >= 0.3 is 0 Å². The normalized spacial score (nSPS) is 10.3. The molecule has 0 N–H and O–H groups in total. The Morgan fingerprint density at radius 3 is 2.27 bits per heavy atom. The van der Waals surface area contributed by atoms with Crippen LogP contribution in [0.1, 0.15) is 25.5 Å². The van der Waals surface area contributed by atoms with Crippen molar-refractivity contribution in [2.75, 3.05) is 0 Å². The van der Waals surface area contributed by atoms with E-state index in [2.05, 4.69) is 4.98 Å². The molecule has 1 rings (SSSR count). The van der Waals surface area contributed by atoms with Crippen LogP contribution in [-0.2, 0) is 0 Å². The lowest BCUT2D eigenvalue weighted by molar-refractivity contribution is -0.395. The van der Waals surface area contributed by atoms with E-state index in [9.17, 15) is 20.2 Å². The lowest BCUT2D eigenvalue weighted by atomic mass is 10.1. The van der Waals surface area contributed by atoms with Gasteiger partial charge in [-0.05, 0) is 0 Å². The lowest BCUT2D eigenvalue weighted by Crippen LogP contribution is -2.02. The first-order valence-electron chi connectivity index (χ1n) is 4.22. The molecule has 0 aliphatic heterocycles. The molecule has 0 aliphatic rings. The fourth-order valence-corrected chi connectivity index (χ4v) is 1.14. The summed E-state index contributed by atoms with van der Waals surface area (Å²) in [5, 5.41) is 21.0. The van der Waals surface area contributed by atoms with E-state index in [-0.39, 0.29) is 23.0 Å². The van der Waals surface area contributed by atoms with Gasteiger partial charge in [0.1, 0.15) is 11.9 Å². The summed E-state index contributed by atoms with van der Waals surface area (Å²) in [6.07, 6.45) is 1.03. The molecule has 80 valence electrons. The van der Waals surface area contributed by atoms with Crippen molar-refractivity contribution in [2.24, 2.45) is 0 Å². The molecule has 0 saturated carbocycles. The highest BCUT2D eigenvalue weighted by atomic mass is 16.6. The van der Waals surface area contributed by atoms with Gasteiger partial charge in [0.25, 0.3) is 11.4 Å². The maximum atomic E-state index is 10.6. The minimum Gasteiger partial charge on any atom is -0.258 e. The minimum atomic E-state index is -0.704. The van der Waals surface area contributed by atoms with E-state index in [1.54, 1.807) is 13.8 Å². The van der Waals surface area contributed by atoms with Crippen LogP contribution in [0.2, 0.25) is 0 Å². The molecule has 15 heavy (non-hydrogen) atoms. The molecule has 0 spiro atoms. The highest BCUT2D eigenvalue weighted by Gasteiger charge is 2.22. The molecule has 1 aromatic heterocycles. The van der Waals surface area contributed by atoms with Crippen LogP contribution in [0.5, 0.6) is 0 Å². The molecule has 7 heteroatoms. The van der Waals surface area contributed by atoms with Gasteiger partial charge in [-0.3, -0.25) is 20.2 Å². The Balaban J connectivity index is 3.33. The van der Waals surface area contributed by atoms with Crippen LogP contribution in [0.15, 0.2) is 12.3 Å². The number of nitrogens with zero attached hydrogens (tertiary/aromatic N) is 3. The zero-order valence-electron chi connectivity index (χ0n) is 8.21. The third kappa shape index (κ3) is 2.25. The standard InChI is InChI=1S/C8H9N3O4/c1-5(2)8-7(11(14)15)3-6(4-9-8)10(12)13/h3-5H,1-2H3. The van der Waals surface area contributed by atoms with Crippen LogP contribution in [0.4, 0.5) is 11.4 Å². The van der Waals surface area contributed by atoms with Gasteiger partial charge in [-0.2, -0.15) is 0 Å². The molecule has 0 fully saturated rings. The van der Waals surface area contributed by atoms with E-state index < -0.39 is 9.85 Å². The predicted octanol–water partition coefficient (Wildman–Crippen LogP) is 2.02. The van der Waals surface area contributed by atoms with Crippen molar-refractivity contribution in [3.8, 4) is 0 Å². The molecular formula is C8H9N3O4. The zero-order valence-corrected chi connectivity index (χ0v) is 8.21. The van der Waals surface area contributed by atoms with E-state index >= 15 is 0 Å². The average Bonchev–Trinajstić information content (AvgIpc) is 2.16. The van der Waals surface area contributed by atoms with Gasteiger partial charge in [-0.15, -0.1) is 0 Å². The van der Waals surface area contributed by atoms with Crippen LogP contribution < -0.4 is 0 Å². The lowest BCUT2D eigenvalue weighted by Gasteiger charge is -2.03. The van der Waals surface area contributed by atoms with Crippen LogP contribution >= 0.6 is 0 Å². The third-order valence-electron chi connectivity index (χ3n) is 1.84.